The van der Waals surface area contributed by atoms with Crippen LogP contribution in [0.2, 0.25) is 10.0 Å². The fourth-order valence-corrected chi connectivity index (χ4v) is 2.60. The Morgan fingerprint density at radius 1 is 1.14 bits per heavy atom. The smallest absolute Gasteiger partial charge is 0.239 e. The van der Waals surface area contributed by atoms with Crippen molar-refractivity contribution >= 4 is 35.0 Å². The molecule has 2 N–H and O–H groups in total. The summed E-state index contributed by atoms with van der Waals surface area (Å²) in [5.74, 6) is -0.300. The quantitative estimate of drug-likeness (QED) is 0.760. The van der Waals surface area contributed by atoms with Crippen molar-refractivity contribution in [2.75, 3.05) is 13.1 Å². The summed E-state index contributed by atoms with van der Waals surface area (Å²) < 4.78 is 0. The fraction of sp³-hybridized carbons (Fsp3) is 0.500. The molecule has 22 heavy (non-hydrogen) atoms. The Morgan fingerprint density at radius 3 is 2.41 bits per heavy atom. The number of halogens is 2. The molecule has 0 aliphatic carbocycles. The van der Waals surface area contributed by atoms with Gasteiger partial charge >= 0.3 is 0 Å². The van der Waals surface area contributed by atoms with E-state index in [9.17, 15) is 9.59 Å². The van der Waals surface area contributed by atoms with Crippen LogP contribution in [0.25, 0.3) is 0 Å². The van der Waals surface area contributed by atoms with E-state index in [2.05, 4.69) is 10.6 Å². The molecule has 1 aromatic rings. The molecule has 1 rings (SSSR count). The Bertz CT molecular complexity index is 517. The van der Waals surface area contributed by atoms with E-state index in [-0.39, 0.29) is 24.3 Å². The number of hydrogen-bond acceptors (Lipinski definition) is 2. The third-order valence-electron chi connectivity index (χ3n) is 3.51. The average Bonchev–Trinajstić information content (AvgIpc) is 2.48. The van der Waals surface area contributed by atoms with E-state index in [4.69, 9.17) is 23.2 Å². The van der Waals surface area contributed by atoms with Crippen LogP contribution in [0.4, 0.5) is 0 Å². The number of carbonyl (C=O) groups is 2. The summed E-state index contributed by atoms with van der Waals surface area (Å²) in [6, 6.07) is 5.28. The maximum absolute atomic E-state index is 11.8. The number of rotatable bonds is 8. The molecule has 0 saturated heterocycles. The van der Waals surface area contributed by atoms with Crippen molar-refractivity contribution < 1.29 is 9.59 Å². The Morgan fingerprint density at radius 2 is 1.82 bits per heavy atom. The zero-order chi connectivity index (χ0) is 16.5. The zero-order valence-corrected chi connectivity index (χ0v) is 14.4. The first kappa shape index (κ1) is 18.8. The second kappa shape index (κ2) is 9.70. The van der Waals surface area contributed by atoms with Crippen LogP contribution in [0.15, 0.2) is 18.2 Å². The zero-order valence-electron chi connectivity index (χ0n) is 12.9. The first-order valence-corrected chi connectivity index (χ1v) is 8.21. The Balaban J connectivity index is 2.30. The van der Waals surface area contributed by atoms with Crippen LogP contribution in [0.5, 0.6) is 0 Å². The monoisotopic (exact) mass is 344 g/mol. The van der Waals surface area contributed by atoms with Crippen molar-refractivity contribution in [3.63, 3.8) is 0 Å². The number of benzene rings is 1. The summed E-state index contributed by atoms with van der Waals surface area (Å²) in [6.45, 7) is 4.39. The minimum absolute atomic E-state index is 0.00365. The molecule has 0 saturated carbocycles. The highest BCUT2D eigenvalue weighted by atomic mass is 35.5. The first-order chi connectivity index (χ1) is 10.5. The summed E-state index contributed by atoms with van der Waals surface area (Å²) in [5.41, 5.74) is 0.924. The second-order valence-electron chi connectivity index (χ2n) is 5.07. The molecule has 0 radical (unpaired) electrons. The van der Waals surface area contributed by atoms with Crippen LogP contribution in [0.3, 0.4) is 0 Å². The van der Waals surface area contributed by atoms with E-state index in [1.165, 1.54) is 0 Å². The van der Waals surface area contributed by atoms with Crippen molar-refractivity contribution in [3.8, 4) is 0 Å². The molecule has 1 aromatic carbocycles. The van der Waals surface area contributed by atoms with Gasteiger partial charge in [-0.3, -0.25) is 9.59 Å². The third kappa shape index (κ3) is 6.24. The summed E-state index contributed by atoms with van der Waals surface area (Å²) in [6.07, 6.45) is 2.17. The highest BCUT2D eigenvalue weighted by molar-refractivity contribution is 6.35. The molecule has 0 fully saturated rings. The number of hydrogen-bond donors (Lipinski definition) is 2. The Labute approximate surface area is 141 Å². The largest absolute Gasteiger partial charge is 0.354 e. The van der Waals surface area contributed by atoms with Crippen LogP contribution in [0.1, 0.15) is 32.3 Å². The number of nitrogens with one attached hydrogen (secondary N) is 2. The van der Waals surface area contributed by atoms with Gasteiger partial charge in [-0.25, -0.2) is 0 Å². The molecular weight excluding hydrogens is 323 g/mol. The lowest BCUT2D eigenvalue weighted by Crippen LogP contribution is -2.40. The van der Waals surface area contributed by atoms with Crippen molar-refractivity contribution in [2.45, 2.75) is 33.1 Å². The average molecular weight is 345 g/mol. The number of amides is 2. The van der Waals surface area contributed by atoms with Gasteiger partial charge in [0.15, 0.2) is 0 Å². The Kier molecular flexibility index (Phi) is 8.28. The van der Waals surface area contributed by atoms with Gasteiger partial charge in [-0.05, 0) is 37.0 Å². The standard InChI is InChI=1S/C16H22Cl2N2O2/c1-3-11(4-2)16(22)20-10-15(21)19-8-7-12-5-6-13(17)9-14(12)18/h5-6,9,11H,3-4,7-8,10H2,1-2H3,(H,19,21)(H,20,22). The molecular formula is C16H22Cl2N2O2. The van der Waals surface area contributed by atoms with Crippen LogP contribution >= 0.6 is 23.2 Å². The minimum atomic E-state index is -0.204. The van der Waals surface area contributed by atoms with Crippen molar-refractivity contribution in [2.24, 2.45) is 5.92 Å². The molecule has 2 amide bonds. The van der Waals surface area contributed by atoms with Crippen LogP contribution in [-0.2, 0) is 16.0 Å². The SMILES string of the molecule is CCC(CC)C(=O)NCC(=O)NCCc1ccc(Cl)cc1Cl. The predicted molar refractivity (Wildman–Crippen MR) is 90.3 cm³/mol. The van der Waals surface area contributed by atoms with E-state index in [0.29, 0.717) is 23.0 Å². The summed E-state index contributed by atoms with van der Waals surface area (Å²) in [7, 11) is 0. The van der Waals surface area contributed by atoms with Gasteiger partial charge in [0, 0.05) is 22.5 Å². The highest BCUT2D eigenvalue weighted by Gasteiger charge is 2.14. The van der Waals surface area contributed by atoms with Crippen molar-refractivity contribution in [3.05, 3.63) is 33.8 Å². The summed E-state index contributed by atoms with van der Waals surface area (Å²) >= 11 is 11.9. The van der Waals surface area contributed by atoms with E-state index in [1.807, 2.05) is 19.9 Å². The van der Waals surface area contributed by atoms with Gasteiger partial charge < -0.3 is 10.6 Å². The molecule has 0 aromatic heterocycles. The van der Waals surface area contributed by atoms with Gasteiger partial charge in [-0.1, -0.05) is 43.1 Å². The molecule has 0 atom stereocenters. The van der Waals surface area contributed by atoms with Gasteiger partial charge in [-0.15, -0.1) is 0 Å². The normalized spacial score (nSPS) is 10.6. The third-order valence-corrected chi connectivity index (χ3v) is 4.10. The molecule has 0 spiro atoms. The Hall–Kier alpha value is -1.26. The van der Waals surface area contributed by atoms with Crippen LogP contribution in [0, 0.1) is 5.92 Å². The molecule has 122 valence electrons. The van der Waals surface area contributed by atoms with E-state index < -0.39 is 0 Å². The van der Waals surface area contributed by atoms with Crippen LogP contribution < -0.4 is 10.6 Å². The predicted octanol–water partition coefficient (Wildman–Crippen LogP) is 3.20. The lowest BCUT2D eigenvalue weighted by molar-refractivity contribution is -0.128. The highest BCUT2D eigenvalue weighted by Crippen LogP contribution is 2.20. The molecule has 0 aliphatic rings. The second-order valence-corrected chi connectivity index (χ2v) is 5.91. The molecule has 6 heteroatoms. The molecule has 0 unspecified atom stereocenters. The molecule has 0 heterocycles. The minimum Gasteiger partial charge on any atom is -0.354 e. The summed E-state index contributed by atoms with van der Waals surface area (Å²) in [5, 5.41) is 6.59. The molecule has 4 nitrogen and oxygen atoms in total. The van der Waals surface area contributed by atoms with Crippen molar-refractivity contribution in [1.82, 2.24) is 10.6 Å². The summed E-state index contributed by atoms with van der Waals surface area (Å²) in [4.78, 5) is 23.5. The van der Waals surface area contributed by atoms with Gasteiger partial charge in [0.05, 0.1) is 6.54 Å². The first-order valence-electron chi connectivity index (χ1n) is 7.46. The topological polar surface area (TPSA) is 58.2 Å². The maximum atomic E-state index is 11.8. The fourth-order valence-electron chi connectivity index (χ4n) is 2.09. The lowest BCUT2D eigenvalue weighted by atomic mass is 10.0. The van der Waals surface area contributed by atoms with Crippen LogP contribution in [-0.4, -0.2) is 24.9 Å². The van der Waals surface area contributed by atoms with Gasteiger partial charge in [0.25, 0.3) is 0 Å². The lowest BCUT2D eigenvalue weighted by Gasteiger charge is -2.12. The van der Waals surface area contributed by atoms with E-state index in [1.54, 1.807) is 12.1 Å². The van der Waals surface area contributed by atoms with E-state index in [0.717, 1.165) is 18.4 Å². The van der Waals surface area contributed by atoms with Gasteiger partial charge in [-0.2, -0.15) is 0 Å². The van der Waals surface area contributed by atoms with Gasteiger partial charge in [0.1, 0.15) is 0 Å². The number of carbonyl (C=O) groups excluding carboxylic acids is 2. The molecule has 0 bridgehead atoms. The maximum Gasteiger partial charge on any atom is 0.239 e. The van der Waals surface area contributed by atoms with Crippen molar-refractivity contribution in [1.29, 1.82) is 0 Å². The molecule has 0 aliphatic heterocycles. The van der Waals surface area contributed by atoms with Gasteiger partial charge in [0.2, 0.25) is 11.8 Å². The van der Waals surface area contributed by atoms with E-state index >= 15 is 0 Å².